The van der Waals surface area contributed by atoms with E-state index < -0.39 is 24.2 Å². The van der Waals surface area contributed by atoms with E-state index in [2.05, 4.69) is 343 Å². The van der Waals surface area contributed by atoms with Crippen molar-refractivity contribution in [3.05, 3.63) is 296 Å². The summed E-state index contributed by atoms with van der Waals surface area (Å²) in [5, 5.41) is 1.56. The molecule has 9 aromatic rings. The number of rotatable bonds is 15. The fourth-order valence-electron chi connectivity index (χ4n) is 11.9. The number of ether oxygens (including phenoxy) is 1. The molecule has 0 radical (unpaired) electrons. The first-order chi connectivity index (χ1) is 42.3. The Hall–Kier alpha value is -4.85. The first kappa shape index (κ1) is 94.3. The van der Waals surface area contributed by atoms with Gasteiger partial charge in [-0.3, -0.25) is 0 Å². The molecule has 1 heterocycles. The average molecular weight is 1410 g/mol. The Kier molecular flexibility index (Phi) is 46.1. The molecule has 2 atom stereocenters. The van der Waals surface area contributed by atoms with Gasteiger partial charge in [0.25, 0.3) is 0 Å². The molecule has 0 bridgehead atoms. The fraction of sp³-hybridized carbons (Fsp3) is 0.393. The minimum Gasteiger partial charge on any atom is -0.373 e. The predicted molar refractivity (Wildman–Crippen MR) is 433 cm³/mol. The summed E-state index contributed by atoms with van der Waals surface area (Å²) in [6.45, 7) is 50.6. The van der Waals surface area contributed by atoms with Gasteiger partial charge < -0.3 is 34.4 Å². The Morgan fingerprint density at radius 1 is 0.379 bits per heavy atom. The van der Waals surface area contributed by atoms with Gasteiger partial charge in [-0.25, -0.2) is 48.5 Å². The largest absolute Gasteiger partial charge is 4.00 e. The van der Waals surface area contributed by atoms with Crippen LogP contribution in [0.25, 0.3) is 22.3 Å². The maximum atomic E-state index is 6.68. The first-order valence-electron chi connectivity index (χ1n) is 34.3. The second-order valence-corrected chi connectivity index (χ2v) is 43.7. The van der Waals surface area contributed by atoms with E-state index in [4.69, 9.17) is 4.74 Å². The summed E-state index contributed by atoms with van der Waals surface area (Å²) in [7, 11) is -3.70. The van der Waals surface area contributed by atoms with E-state index in [1.165, 1.54) is 120 Å². The van der Waals surface area contributed by atoms with Gasteiger partial charge in [-0.15, -0.1) is 0 Å². The molecule has 1 nitrogen and oxygen atoms in total. The summed E-state index contributed by atoms with van der Waals surface area (Å²) < 4.78 is 6.68. The van der Waals surface area contributed by atoms with Gasteiger partial charge in [0, 0.05) is 0 Å². The Balaban J connectivity index is -0.00000107. The van der Waals surface area contributed by atoms with Crippen LogP contribution >= 0.6 is 0 Å². The molecule has 6 heteroatoms. The molecule has 0 aliphatic carbocycles. The Labute approximate surface area is 612 Å². The molecule has 95 heavy (non-hydrogen) atoms. The number of hydrogen-bond acceptors (Lipinski definition) is 1. The third kappa shape index (κ3) is 29.2. The monoisotopic (exact) mass is 1410 g/mol. The number of hydrogen-bond donors (Lipinski definition) is 0. The van der Waals surface area contributed by atoms with E-state index in [-0.39, 0.29) is 63.8 Å². The number of benzene rings is 5. The van der Waals surface area contributed by atoms with Crippen molar-refractivity contribution in [2.45, 2.75) is 230 Å². The van der Waals surface area contributed by atoms with Crippen LogP contribution in [0.4, 0.5) is 0 Å². The van der Waals surface area contributed by atoms with E-state index in [9.17, 15) is 0 Å². The normalized spacial score (nSPS) is 12.6. The van der Waals surface area contributed by atoms with Crippen LogP contribution in [0.15, 0.2) is 194 Å². The van der Waals surface area contributed by atoms with Crippen molar-refractivity contribution in [2.24, 2.45) is 0 Å². The minimum atomic E-state index is -1.36. The maximum absolute atomic E-state index is 6.68. The van der Waals surface area contributed by atoms with Crippen LogP contribution < -0.4 is 5.19 Å². The van der Waals surface area contributed by atoms with Gasteiger partial charge in [-0.05, 0) is 111 Å². The van der Waals surface area contributed by atoms with Gasteiger partial charge in [0.2, 0.25) is 0 Å². The van der Waals surface area contributed by atoms with Crippen LogP contribution in [-0.4, -0.2) is 24.2 Å². The molecule has 0 N–H and O–H groups in total. The second-order valence-electron chi connectivity index (χ2n) is 28.1. The Morgan fingerprint density at radius 2 is 0.716 bits per heavy atom. The fourth-order valence-corrected chi connectivity index (χ4v) is 16.7. The van der Waals surface area contributed by atoms with Crippen molar-refractivity contribution in [1.82, 2.24) is 0 Å². The molecule has 0 saturated carbocycles. The molecule has 2 unspecified atom stereocenters. The SMILES string of the molecule is CC(C)(C)c1ccc[cH-]1.CCc1cc(-c2ccccc2)c(-c2ccccc2)cc1CC.CCc1cc2c(cc1CC)C([Si](C)(C)C)OC2[Si](C)(C)C.CCc1ccc[c-]1CC.CCc1ccc[c-]1CC.CCc1ccccc1CC.C[Si](C)(C)c1ccc[cH-]1.[CH3-].[CH3-].[CH3-].[CH3-].[Fe+4].[Fe+4]. The van der Waals surface area contributed by atoms with E-state index in [0.717, 1.165) is 38.5 Å². The molecule has 1 aliphatic rings. The molecular weight excluding hydrogens is 1280 g/mol. The smallest absolute Gasteiger partial charge is 0.373 e. The zero-order chi connectivity index (χ0) is 66.0. The standard InChI is InChI=1S/C22H22.C18H32OSi2.C10H14.3C9H13.C8H13Si.4CH3.2Fe/c1-3-17-15-21(19-11-7-5-8-12-19)22(16-18(17)4-2)20-13-9-6-10-14-20;1-9-13-11-15-16(12-14(13)10-2)18(21(6,7)8)19-17(15)20(3,4)5;1-3-9-7-5-6-8-10(9)4-2;1-9(2,3)8-6-4-5-7-8;2*1-3-8-6-5-7-9(8)4-2;1-9(2,3)8-6-4-5-7-8;;;;;;/h5-16H,3-4H2,1-2H3;11-12,17-18H,9-10H2,1-8H3;5-8H,3-4H2,1-2H3;4-7H,1-3H3;2*5-7H,3-4H2,1-2H3;4-7H,1-3H3;4*1H3;;/q;;;8*-1;2*+4. The van der Waals surface area contributed by atoms with Crippen molar-refractivity contribution in [3.8, 4) is 22.3 Å². The van der Waals surface area contributed by atoms with Gasteiger partial charge in [0.15, 0.2) is 0 Å². The summed E-state index contributed by atoms with van der Waals surface area (Å²) in [6.07, 6.45) is 11.4. The molecule has 0 aromatic heterocycles. The van der Waals surface area contributed by atoms with Gasteiger partial charge in [-0.2, -0.15) is 69.4 Å². The Bertz CT molecular complexity index is 3090. The molecule has 0 saturated heterocycles. The quantitative estimate of drug-likeness (QED) is 0.0734. The minimum absolute atomic E-state index is 0. The van der Waals surface area contributed by atoms with E-state index in [0.29, 0.717) is 16.9 Å². The molecule has 0 fully saturated rings. The summed E-state index contributed by atoms with van der Waals surface area (Å²) in [6, 6.07) is 70.1. The zero-order valence-electron chi connectivity index (χ0n) is 64.8. The molecule has 0 spiro atoms. The maximum Gasteiger partial charge on any atom is 4.00 e. The molecule has 9 aromatic carbocycles. The van der Waals surface area contributed by atoms with Gasteiger partial charge in [-0.1, -0.05) is 284 Å². The van der Waals surface area contributed by atoms with Crippen LogP contribution in [0.2, 0.25) is 58.9 Å². The Morgan fingerprint density at radius 3 is 0.958 bits per heavy atom. The summed E-state index contributed by atoms with van der Waals surface area (Å²) in [4.78, 5) is 0. The molecule has 10 rings (SSSR count). The van der Waals surface area contributed by atoms with Gasteiger partial charge in [0.1, 0.15) is 0 Å². The summed E-state index contributed by atoms with van der Waals surface area (Å²) in [5.74, 6) is 0. The van der Waals surface area contributed by atoms with Crippen LogP contribution in [-0.2, 0) is 108 Å². The van der Waals surface area contributed by atoms with E-state index in [1.54, 1.807) is 5.19 Å². The van der Waals surface area contributed by atoms with Crippen molar-refractivity contribution < 1.29 is 38.9 Å². The van der Waals surface area contributed by atoms with Crippen LogP contribution in [0, 0.1) is 29.7 Å². The molecule has 1 aliphatic heterocycles. The zero-order valence-corrected chi connectivity index (χ0v) is 70.0. The molecule has 0 amide bonds. The summed E-state index contributed by atoms with van der Waals surface area (Å²) in [5.41, 5.74) is 25.8. The van der Waals surface area contributed by atoms with Crippen molar-refractivity contribution in [3.63, 3.8) is 0 Å². The number of aryl methyl sites for hydroxylation is 10. The van der Waals surface area contributed by atoms with E-state index in [1.807, 2.05) is 0 Å². The second kappa shape index (κ2) is 46.4. The summed E-state index contributed by atoms with van der Waals surface area (Å²) >= 11 is 0. The topological polar surface area (TPSA) is 9.23 Å². The van der Waals surface area contributed by atoms with Crippen LogP contribution in [0.1, 0.15) is 174 Å². The van der Waals surface area contributed by atoms with Gasteiger partial charge in [0.05, 0.1) is 35.7 Å². The van der Waals surface area contributed by atoms with Gasteiger partial charge >= 0.3 is 34.1 Å². The average Bonchev–Trinajstić information content (AvgIpc) is 1.60. The van der Waals surface area contributed by atoms with Crippen LogP contribution in [0.3, 0.4) is 0 Å². The molecular formula is C89H132Fe2OSi3. The van der Waals surface area contributed by atoms with Crippen molar-refractivity contribution in [2.75, 3.05) is 0 Å². The third-order valence-electron chi connectivity index (χ3n) is 17.3. The molecule has 522 valence electrons. The predicted octanol–water partition coefficient (Wildman–Crippen LogP) is 26.1. The third-order valence-corrected chi connectivity index (χ3v) is 23.4. The van der Waals surface area contributed by atoms with Crippen LogP contribution in [0.5, 0.6) is 0 Å². The van der Waals surface area contributed by atoms with Crippen molar-refractivity contribution in [1.29, 1.82) is 0 Å². The number of fused-ring (bicyclic) bond motifs is 1. The van der Waals surface area contributed by atoms with Crippen molar-refractivity contribution >= 4 is 29.4 Å². The first-order valence-corrected chi connectivity index (χ1v) is 45.0. The van der Waals surface area contributed by atoms with E-state index >= 15 is 0 Å².